The van der Waals surface area contributed by atoms with Crippen LogP contribution in [0.1, 0.15) is 39.1 Å². The summed E-state index contributed by atoms with van der Waals surface area (Å²) in [5.74, 6) is 0.360. The number of rotatable bonds is 6. The molecule has 0 aromatic carbocycles. The SMILES string of the molecule is CC(C)NC(=O)CCNc1nnc(C(C)N)o1. The number of nitrogens with two attached hydrogens (primary N) is 1. The topological polar surface area (TPSA) is 106 Å². The summed E-state index contributed by atoms with van der Waals surface area (Å²) < 4.78 is 5.22. The van der Waals surface area contributed by atoms with Gasteiger partial charge in [0.25, 0.3) is 0 Å². The van der Waals surface area contributed by atoms with Crippen molar-refractivity contribution in [3.63, 3.8) is 0 Å². The molecule has 0 saturated carbocycles. The highest BCUT2D eigenvalue weighted by molar-refractivity contribution is 5.76. The van der Waals surface area contributed by atoms with E-state index in [-0.39, 0.29) is 24.0 Å². The first-order valence-electron chi connectivity index (χ1n) is 5.61. The van der Waals surface area contributed by atoms with Gasteiger partial charge in [0.1, 0.15) is 0 Å². The smallest absolute Gasteiger partial charge is 0.315 e. The molecule has 1 atom stereocenters. The Hall–Kier alpha value is -1.63. The van der Waals surface area contributed by atoms with Crippen LogP contribution < -0.4 is 16.4 Å². The first kappa shape index (κ1) is 13.4. The maximum Gasteiger partial charge on any atom is 0.315 e. The quantitative estimate of drug-likeness (QED) is 0.666. The molecule has 0 radical (unpaired) electrons. The third-order valence-corrected chi connectivity index (χ3v) is 1.91. The number of anilines is 1. The van der Waals surface area contributed by atoms with Gasteiger partial charge in [0.2, 0.25) is 11.8 Å². The molecular formula is C10H19N5O2. The molecule has 4 N–H and O–H groups in total. The van der Waals surface area contributed by atoms with Crippen LogP contribution in [0, 0.1) is 0 Å². The van der Waals surface area contributed by atoms with Crippen molar-refractivity contribution >= 4 is 11.9 Å². The Labute approximate surface area is 100 Å². The molecule has 0 aliphatic heterocycles. The van der Waals surface area contributed by atoms with E-state index in [4.69, 9.17) is 10.2 Å². The van der Waals surface area contributed by atoms with E-state index in [1.165, 1.54) is 0 Å². The van der Waals surface area contributed by atoms with E-state index >= 15 is 0 Å². The van der Waals surface area contributed by atoms with E-state index in [0.717, 1.165) is 0 Å². The predicted octanol–water partition coefficient (Wildman–Crippen LogP) is 0.416. The first-order valence-corrected chi connectivity index (χ1v) is 5.61. The van der Waals surface area contributed by atoms with Gasteiger partial charge in [0.15, 0.2) is 0 Å². The Balaban J connectivity index is 2.28. The number of amides is 1. The molecular weight excluding hydrogens is 222 g/mol. The van der Waals surface area contributed by atoms with Crippen molar-refractivity contribution in [1.29, 1.82) is 0 Å². The van der Waals surface area contributed by atoms with Gasteiger partial charge in [-0.2, -0.15) is 0 Å². The first-order chi connectivity index (χ1) is 7.99. The number of nitrogens with one attached hydrogen (secondary N) is 2. The highest BCUT2D eigenvalue weighted by Gasteiger charge is 2.09. The molecule has 17 heavy (non-hydrogen) atoms. The van der Waals surface area contributed by atoms with E-state index in [1.54, 1.807) is 6.92 Å². The third-order valence-electron chi connectivity index (χ3n) is 1.91. The van der Waals surface area contributed by atoms with Gasteiger partial charge in [-0.1, -0.05) is 5.10 Å². The van der Waals surface area contributed by atoms with Crippen molar-refractivity contribution in [3.05, 3.63) is 5.89 Å². The van der Waals surface area contributed by atoms with Crippen LogP contribution in [-0.4, -0.2) is 28.7 Å². The Morgan fingerprint density at radius 3 is 2.65 bits per heavy atom. The maximum atomic E-state index is 11.3. The second-order valence-electron chi connectivity index (χ2n) is 4.13. The zero-order valence-corrected chi connectivity index (χ0v) is 10.4. The third kappa shape index (κ3) is 4.81. The van der Waals surface area contributed by atoms with Gasteiger partial charge in [-0.3, -0.25) is 4.79 Å². The Morgan fingerprint density at radius 2 is 2.12 bits per heavy atom. The van der Waals surface area contributed by atoms with Crippen molar-refractivity contribution in [2.75, 3.05) is 11.9 Å². The summed E-state index contributed by atoms with van der Waals surface area (Å²) in [7, 11) is 0. The predicted molar refractivity (Wildman–Crippen MR) is 63.3 cm³/mol. The molecule has 1 amide bonds. The van der Waals surface area contributed by atoms with E-state index in [0.29, 0.717) is 18.9 Å². The van der Waals surface area contributed by atoms with Crippen LogP contribution in [0.4, 0.5) is 6.01 Å². The standard InChI is InChI=1S/C10H19N5O2/c1-6(2)13-8(16)4-5-12-10-15-14-9(17-10)7(3)11/h6-7H,4-5,11H2,1-3H3,(H,12,15)(H,13,16). The molecule has 0 bridgehead atoms. The fourth-order valence-electron chi connectivity index (χ4n) is 1.17. The van der Waals surface area contributed by atoms with E-state index in [1.807, 2.05) is 13.8 Å². The lowest BCUT2D eigenvalue weighted by Gasteiger charge is -2.07. The average Bonchev–Trinajstić information content (AvgIpc) is 2.65. The second-order valence-corrected chi connectivity index (χ2v) is 4.13. The van der Waals surface area contributed by atoms with Crippen LogP contribution in [-0.2, 0) is 4.79 Å². The minimum Gasteiger partial charge on any atom is -0.406 e. The number of aromatic nitrogens is 2. The van der Waals surface area contributed by atoms with Crippen LogP contribution in [0.25, 0.3) is 0 Å². The molecule has 0 spiro atoms. The zero-order chi connectivity index (χ0) is 12.8. The Morgan fingerprint density at radius 1 is 1.41 bits per heavy atom. The molecule has 0 aliphatic carbocycles. The molecule has 7 heteroatoms. The van der Waals surface area contributed by atoms with Gasteiger partial charge < -0.3 is 20.8 Å². The maximum absolute atomic E-state index is 11.3. The fourth-order valence-corrected chi connectivity index (χ4v) is 1.17. The molecule has 1 aromatic heterocycles. The molecule has 96 valence electrons. The molecule has 1 rings (SSSR count). The molecule has 1 aromatic rings. The average molecular weight is 241 g/mol. The van der Waals surface area contributed by atoms with Crippen LogP contribution >= 0.6 is 0 Å². The van der Waals surface area contributed by atoms with Crippen molar-refractivity contribution in [2.24, 2.45) is 5.73 Å². The fraction of sp³-hybridized carbons (Fsp3) is 0.700. The summed E-state index contributed by atoms with van der Waals surface area (Å²) in [5.41, 5.74) is 5.57. The van der Waals surface area contributed by atoms with Crippen molar-refractivity contribution in [2.45, 2.75) is 39.3 Å². The van der Waals surface area contributed by atoms with Crippen LogP contribution in [0.15, 0.2) is 4.42 Å². The van der Waals surface area contributed by atoms with E-state index in [2.05, 4.69) is 20.8 Å². The molecule has 7 nitrogen and oxygen atoms in total. The summed E-state index contributed by atoms with van der Waals surface area (Å²) in [6.07, 6.45) is 0.355. The number of hydrogen-bond acceptors (Lipinski definition) is 6. The minimum atomic E-state index is -0.290. The Kier molecular flexibility index (Phi) is 4.89. The second kappa shape index (κ2) is 6.19. The molecule has 0 saturated heterocycles. The van der Waals surface area contributed by atoms with Crippen LogP contribution in [0.5, 0.6) is 0 Å². The van der Waals surface area contributed by atoms with Gasteiger partial charge in [0, 0.05) is 19.0 Å². The largest absolute Gasteiger partial charge is 0.406 e. The lowest BCUT2D eigenvalue weighted by Crippen LogP contribution is -2.31. The van der Waals surface area contributed by atoms with Crippen LogP contribution in [0.2, 0.25) is 0 Å². The van der Waals surface area contributed by atoms with Gasteiger partial charge in [-0.25, -0.2) is 0 Å². The number of carbonyl (C=O) groups excluding carboxylic acids is 1. The summed E-state index contributed by atoms with van der Waals surface area (Å²) in [6.45, 7) is 6.03. The van der Waals surface area contributed by atoms with Crippen molar-refractivity contribution < 1.29 is 9.21 Å². The summed E-state index contributed by atoms with van der Waals surface area (Å²) in [4.78, 5) is 11.3. The number of nitrogens with zero attached hydrogens (tertiary/aromatic N) is 2. The van der Waals surface area contributed by atoms with Gasteiger partial charge in [-0.05, 0) is 20.8 Å². The minimum absolute atomic E-state index is 0.0144. The molecule has 0 aliphatic rings. The summed E-state index contributed by atoms with van der Waals surface area (Å²) in [6, 6.07) is 0.146. The number of carbonyl (C=O) groups is 1. The van der Waals surface area contributed by atoms with Gasteiger partial charge in [-0.15, -0.1) is 5.10 Å². The highest BCUT2D eigenvalue weighted by Crippen LogP contribution is 2.10. The van der Waals surface area contributed by atoms with Crippen molar-refractivity contribution in [3.8, 4) is 0 Å². The van der Waals surface area contributed by atoms with Gasteiger partial charge in [0.05, 0.1) is 6.04 Å². The molecule has 0 fully saturated rings. The lowest BCUT2D eigenvalue weighted by molar-refractivity contribution is -0.121. The lowest BCUT2D eigenvalue weighted by atomic mass is 10.3. The van der Waals surface area contributed by atoms with Gasteiger partial charge >= 0.3 is 6.01 Å². The normalized spacial score (nSPS) is 12.5. The molecule has 1 heterocycles. The highest BCUT2D eigenvalue weighted by atomic mass is 16.4. The Bertz CT molecular complexity index is 361. The summed E-state index contributed by atoms with van der Waals surface area (Å²) >= 11 is 0. The molecule has 1 unspecified atom stereocenters. The van der Waals surface area contributed by atoms with Crippen LogP contribution in [0.3, 0.4) is 0 Å². The zero-order valence-electron chi connectivity index (χ0n) is 10.4. The monoisotopic (exact) mass is 241 g/mol. The van der Waals surface area contributed by atoms with E-state index in [9.17, 15) is 4.79 Å². The van der Waals surface area contributed by atoms with E-state index < -0.39 is 0 Å². The number of hydrogen-bond donors (Lipinski definition) is 3. The van der Waals surface area contributed by atoms with Crippen molar-refractivity contribution in [1.82, 2.24) is 15.5 Å². The summed E-state index contributed by atoms with van der Waals surface area (Å²) in [5, 5.41) is 13.2.